The van der Waals surface area contributed by atoms with Crippen molar-refractivity contribution >= 4 is 28.9 Å². The molecular weight excluding hydrogens is 364 g/mol. The van der Waals surface area contributed by atoms with Crippen LogP contribution in [0.25, 0.3) is 0 Å². The lowest BCUT2D eigenvalue weighted by molar-refractivity contribution is -0.118. The van der Waals surface area contributed by atoms with Gasteiger partial charge in [0.1, 0.15) is 0 Å². The van der Waals surface area contributed by atoms with Gasteiger partial charge in [0.15, 0.2) is 0 Å². The molecular formula is C23H30N4O2. The average Bonchev–Trinajstić information content (AvgIpc) is 2.85. The quantitative estimate of drug-likeness (QED) is 0.752. The maximum atomic E-state index is 13.2. The Kier molecular flexibility index (Phi) is 6.88. The third-order valence-electron chi connectivity index (χ3n) is 5.36. The Labute approximate surface area is 172 Å². The highest BCUT2D eigenvalue weighted by Gasteiger charge is 2.29. The van der Waals surface area contributed by atoms with Gasteiger partial charge in [-0.05, 0) is 43.8 Å². The maximum absolute atomic E-state index is 13.2. The van der Waals surface area contributed by atoms with Crippen LogP contribution in [0.1, 0.15) is 32.8 Å². The number of nitrogens with zero attached hydrogens (tertiary/aromatic N) is 2. The first kappa shape index (κ1) is 20.9. The van der Waals surface area contributed by atoms with E-state index in [1.807, 2.05) is 49.4 Å². The minimum Gasteiger partial charge on any atom is -0.376 e. The van der Waals surface area contributed by atoms with Crippen LogP contribution in [0.3, 0.4) is 0 Å². The normalized spacial score (nSPS) is 16.2. The molecule has 0 spiro atoms. The van der Waals surface area contributed by atoms with Gasteiger partial charge in [-0.15, -0.1) is 0 Å². The van der Waals surface area contributed by atoms with Crippen LogP contribution in [0.15, 0.2) is 48.5 Å². The zero-order valence-corrected chi connectivity index (χ0v) is 17.4. The molecule has 0 saturated heterocycles. The molecule has 0 unspecified atom stereocenters. The van der Waals surface area contributed by atoms with E-state index in [1.165, 1.54) is 5.56 Å². The van der Waals surface area contributed by atoms with Crippen molar-refractivity contribution < 1.29 is 9.59 Å². The number of amides is 2. The van der Waals surface area contributed by atoms with E-state index in [1.54, 1.807) is 4.90 Å². The van der Waals surface area contributed by atoms with E-state index in [-0.39, 0.29) is 30.8 Å². The van der Waals surface area contributed by atoms with Crippen LogP contribution < -0.4 is 15.5 Å². The molecule has 6 heteroatoms. The van der Waals surface area contributed by atoms with E-state index < -0.39 is 0 Å². The Hall–Kier alpha value is -2.86. The van der Waals surface area contributed by atoms with Crippen LogP contribution in [0.4, 0.5) is 17.1 Å². The van der Waals surface area contributed by atoms with Gasteiger partial charge in [-0.25, -0.2) is 0 Å². The molecule has 0 saturated carbocycles. The molecule has 3 rings (SSSR count). The molecule has 6 nitrogen and oxygen atoms in total. The summed E-state index contributed by atoms with van der Waals surface area (Å²) in [6.07, 6.45) is 0.277. The van der Waals surface area contributed by atoms with Gasteiger partial charge in [-0.2, -0.15) is 0 Å². The molecule has 29 heavy (non-hydrogen) atoms. The van der Waals surface area contributed by atoms with Gasteiger partial charge in [-0.3, -0.25) is 14.5 Å². The molecule has 0 fully saturated rings. The lowest BCUT2D eigenvalue weighted by atomic mass is 10.1. The first-order valence-electron chi connectivity index (χ1n) is 10.3. The third-order valence-corrected chi connectivity index (χ3v) is 5.36. The van der Waals surface area contributed by atoms with Crippen LogP contribution in [0, 0.1) is 0 Å². The number of hydrogen-bond acceptors (Lipinski definition) is 4. The predicted octanol–water partition coefficient (Wildman–Crippen LogP) is 3.70. The summed E-state index contributed by atoms with van der Waals surface area (Å²) in [6.45, 7) is 9.18. The Morgan fingerprint density at radius 3 is 2.59 bits per heavy atom. The number of para-hydroxylation sites is 3. The van der Waals surface area contributed by atoms with E-state index in [2.05, 4.69) is 35.4 Å². The molecule has 2 amide bonds. The number of benzene rings is 2. The molecule has 0 aliphatic carbocycles. The van der Waals surface area contributed by atoms with Crippen molar-refractivity contribution in [1.29, 1.82) is 0 Å². The second-order valence-corrected chi connectivity index (χ2v) is 7.35. The number of hydrogen-bond donors (Lipinski definition) is 2. The number of carbonyl (C=O) groups is 2. The van der Waals surface area contributed by atoms with Crippen molar-refractivity contribution in [2.75, 3.05) is 35.2 Å². The van der Waals surface area contributed by atoms with E-state index in [9.17, 15) is 9.59 Å². The van der Waals surface area contributed by atoms with Gasteiger partial charge >= 0.3 is 0 Å². The molecule has 2 N–H and O–H groups in total. The van der Waals surface area contributed by atoms with E-state index in [0.717, 1.165) is 31.0 Å². The molecule has 0 radical (unpaired) electrons. The van der Waals surface area contributed by atoms with Crippen molar-refractivity contribution in [3.8, 4) is 0 Å². The smallest absolute Gasteiger partial charge is 0.246 e. The maximum Gasteiger partial charge on any atom is 0.246 e. The number of carbonyl (C=O) groups excluding carboxylic acids is 2. The highest BCUT2D eigenvalue weighted by atomic mass is 16.2. The molecule has 1 aliphatic heterocycles. The number of nitrogens with one attached hydrogen (secondary N) is 2. The second-order valence-electron chi connectivity index (χ2n) is 7.35. The molecule has 154 valence electrons. The standard InChI is InChI=1S/C23H30N4O2/c1-4-26(5-2)16-18-10-6-7-11-19(18)24-15-23(29)27-17(3)14-22(28)25-20-12-8-9-13-21(20)27/h6-13,17,24H,4-5,14-16H2,1-3H3,(H,25,28)/t17-/m1/s1. The van der Waals surface area contributed by atoms with Crippen molar-refractivity contribution in [2.45, 2.75) is 39.8 Å². The topological polar surface area (TPSA) is 64.7 Å². The summed E-state index contributed by atoms with van der Waals surface area (Å²) in [5, 5.41) is 6.22. The molecule has 0 bridgehead atoms. The van der Waals surface area contributed by atoms with E-state index in [4.69, 9.17) is 0 Å². The fraction of sp³-hybridized carbons (Fsp3) is 0.391. The predicted molar refractivity (Wildman–Crippen MR) is 118 cm³/mol. The summed E-state index contributed by atoms with van der Waals surface area (Å²) in [5.41, 5.74) is 3.56. The van der Waals surface area contributed by atoms with Gasteiger partial charge in [0.2, 0.25) is 11.8 Å². The summed E-state index contributed by atoms with van der Waals surface area (Å²) in [6, 6.07) is 15.4. The SMILES string of the molecule is CCN(CC)Cc1ccccc1NCC(=O)N1c2ccccc2NC(=O)C[C@H]1C. The zero-order chi connectivity index (χ0) is 20.8. The van der Waals surface area contributed by atoms with Crippen LogP contribution in [0.5, 0.6) is 0 Å². The van der Waals surface area contributed by atoms with Gasteiger partial charge < -0.3 is 15.5 Å². The van der Waals surface area contributed by atoms with E-state index in [0.29, 0.717) is 5.69 Å². The first-order chi connectivity index (χ1) is 14.0. The van der Waals surface area contributed by atoms with Crippen molar-refractivity contribution in [1.82, 2.24) is 4.90 Å². The van der Waals surface area contributed by atoms with Crippen LogP contribution in [-0.4, -0.2) is 42.4 Å². The van der Waals surface area contributed by atoms with Gasteiger partial charge in [0.25, 0.3) is 0 Å². The lowest BCUT2D eigenvalue weighted by Gasteiger charge is -2.28. The summed E-state index contributed by atoms with van der Waals surface area (Å²) in [5.74, 6) is -0.128. The van der Waals surface area contributed by atoms with Gasteiger partial charge in [-0.1, -0.05) is 44.2 Å². The largest absolute Gasteiger partial charge is 0.376 e. The molecule has 2 aromatic rings. The van der Waals surface area contributed by atoms with Crippen molar-refractivity contribution in [3.63, 3.8) is 0 Å². The fourth-order valence-corrected chi connectivity index (χ4v) is 3.74. The minimum absolute atomic E-state index is 0.0564. The molecule has 1 aliphatic rings. The zero-order valence-electron chi connectivity index (χ0n) is 17.4. The monoisotopic (exact) mass is 394 g/mol. The van der Waals surface area contributed by atoms with Gasteiger partial charge in [0.05, 0.1) is 17.9 Å². The summed E-state index contributed by atoms with van der Waals surface area (Å²) < 4.78 is 0. The fourth-order valence-electron chi connectivity index (χ4n) is 3.74. The summed E-state index contributed by atoms with van der Waals surface area (Å²) in [7, 11) is 0. The number of fused-ring (bicyclic) bond motifs is 1. The van der Waals surface area contributed by atoms with Crippen LogP contribution in [-0.2, 0) is 16.1 Å². The minimum atomic E-state index is -0.209. The second kappa shape index (κ2) is 9.56. The van der Waals surface area contributed by atoms with Crippen molar-refractivity contribution in [2.24, 2.45) is 0 Å². The Morgan fingerprint density at radius 2 is 1.83 bits per heavy atom. The first-order valence-corrected chi connectivity index (χ1v) is 10.3. The molecule has 1 heterocycles. The van der Waals surface area contributed by atoms with E-state index >= 15 is 0 Å². The number of rotatable bonds is 7. The Balaban J connectivity index is 1.77. The van der Waals surface area contributed by atoms with Crippen molar-refractivity contribution in [3.05, 3.63) is 54.1 Å². The number of anilines is 3. The highest BCUT2D eigenvalue weighted by Crippen LogP contribution is 2.31. The molecule has 1 atom stereocenters. The molecule has 2 aromatic carbocycles. The van der Waals surface area contributed by atoms with Crippen LogP contribution >= 0.6 is 0 Å². The average molecular weight is 395 g/mol. The molecule has 0 aromatic heterocycles. The highest BCUT2D eigenvalue weighted by molar-refractivity contribution is 6.05. The lowest BCUT2D eigenvalue weighted by Crippen LogP contribution is -2.42. The van der Waals surface area contributed by atoms with Gasteiger partial charge in [0, 0.05) is 24.7 Å². The Bertz CT molecular complexity index is 863. The third kappa shape index (κ3) is 4.95. The Morgan fingerprint density at radius 1 is 1.14 bits per heavy atom. The van der Waals surface area contributed by atoms with Crippen LogP contribution in [0.2, 0.25) is 0 Å². The summed E-state index contributed by atoms with van der Waals surface area (Å²) in [4.78, 5) is 29.4. The summed E-state index contributed by atoms with van der Waals surface area (Å²) >= 11 is 0.